The van der Waals surface area contributed by atoms with Crippen molar-refractivity contribution in [3.8, 4) is 0 Å². The van der Waals surface area contributed by atoms with Crippen LogP contribution in [0.4, 0.5) is 0 Å². The highest BCUT2D eigenvalue weighted by Crippen LogP contribution is 2.09. The van der Waals surface area contributed by atoms with E-state index in [1.165, 1.54) is 51.2 Å². The Morgan fingerprint density at radius 1 is 1.05 bits per heavy atom. The molecule has 0 saturated heterocycles. The lowest BCUT2D eigenvalue weighted by atomic mass is 10.1. The Kier molecular flexibility index (Phi) is 13.1. The van der Waals surface area contributed by atoms with Crippen LogP contribution in [0.15, 0.2) is 12.3 Å². The van der Waals surface area contributed by atoms with Crippen LogP contribution < -0.4 is 0 Å². The third-order valence-electron chi connectivity index (χ3n) is 3.06. The summed E-state index contributed by atoms with van der Waals surface area (Å²) >= 11 is 0. The highest BCUT2D eigenvalue weighted by molar-refractivity contribution is 7.80. The number of ether oxygens (including phenoxy) is 1. The number of rotatable bonds is 14. The first-order chi connectivity index (χ1) is 10.5. The number of carbonyl (C=O) groups excluding carboxylic acids is 1. The number of unbranched alkanes of at least 4 members (excludes halogenated alkanes) is 8. The lowest BCUT2D eigenvalue weighted by Gasteiger charge is -2.00. The van der Waals surface area contributed by atoms with Crippen LogP contribution in [-0.4, -0.2) is 25.5 Å². The molecule has 22 heavy (non-hydrogen) atoms. The van der Waals surface area contributed by atoms with E-state index in [4.69, 9.17) is 9.29 Å². The summed E-state index contributed by atoms with van der Waals surface area (Å²) in [5, 5.41) is 0. The molecule has 0 heterocycles. The van der Waals surface area contributed by atoms with Gasteiger partial charge in [0.1, 0.15) is 0 Å². The second kappa shape index (κ2) is 13.7. The third kappa shape index (κ3) is 17.1. The summed E-state index contributed by atoms with van der Waals surface area (Å²) in [7, 11) is -4.49. The van der Waals surface area contributed by atoms with Crippen LogP contribution in [0.2, 0.25) is 0 Å². The molecule has 0 radical (unpaired) electrons. The Hall–Kier alpha value is -0.920. The smallest absolute Gasteiger partial charge is 0.397 e. The van der Waals surface area contributed by atoms with Gasteiger partial charge in [-0.25, -0.2) is 4.18 Å². The molecule has 1 N–H and O–H groups in total. The quantitative estimate of drug-likeness (QED) is 0.225. The minimum Gasteiger partial charge on any atom is -0.435 e. The molecule has 6 nitrogen and oxygen atoms in total. The topological polar surface area (TPSA) is 89.9 Å². The van der Waals surface area contributed by atoms with Gasteiger partial charge in [-0.15, -0.1) is 0 Å². The summed E-state index contributed by atoms with van der Waals surface area (Å²) in [6.45, 7) is 1.78. The van der Waals surface area contributed by atoms with Crippen LogP contribution in [0.25, 0.3) is 0 Å². The monoisotopic (exact) mass is 336 g/mol. The fraction of sp³-hybridized carbons (Fsp3) is 0.800. The normalized spacial score (nSPS) is 11.9. The van der Waals surface area contributed by atoms with Gasteiger partial charge in [-0.1, -0.05) is 51.9 Å². The molecule has 0 aromatic rings. The third-order valence-corrected chi connectivity index (χ3v) is 3.52. The van der Waals surface area contributed by atoms with E-state index in [0.717, 1.165) is 12.8 Å². The molecule has 0 bridgehead atoms. The van der Waals surface area contributed by atoms with Gasteiger partial charge in [0, 0.05) is 0 Å². The van der Waals surface area contributed by atoms with E-state index in [2.05, 4.69) is 11.1 Å². The summed E-state index contributed by atoms with van der Waals surface area (Å²) in [6.07, 6.45) is 13.7. The first-order valence-electron chi connectivity index (χ1n) is 7.92. The molecular formula is C15H28O6S. The number of hydrogen-bond donors (Lipinski definition) is 1. The Bertz CT molecular complexity index is 402. The Balaban J connectivity index is 3.37. The second-order valence-corrected chi connectivity index (χ2v) is 6.22. The molecule has 0 aromatic heterocycles. The molecule has 0 atom stereocenters. The van der Waals surface area contributed by atoms with Gasteiger partial charge >= 0.3 is 16.4 Å². The predicted molar refractivity (Wildman–Crippen MR) is 84.6 cm³/mol. The lowest BCUT2D eigenvalue weighted by molar-refractivity contribution is -0.138. The van der Waals surface area contributed by atoms with E-state index in [1.807, 2.05) is 0 Å². The van der Waals surface area contributed by atoms with E-state index >= 15 is 0 Å². The summed E-state index contributed by atoms with van der Waals surface area (Å²) < 4.78 is 37.5. The molecule has 0 unspecified atom stereocenters. The molecule has 7 heteroatoms. The van der Waals surface area contributed by atoms with Crippen molar-refractivity contribution in [2.24, 2.45) is 0 Å². The minimum absolute atomic E-state index is 0.234. The molecule has 0 saturated carbocycles. The number of allylic oxidation sites excluding steroid dienone is 1. The first-order valence-corrected chi connectivity index (χ1v) is 9.28. The number of hydrogen-bond acceptors (Lipinski definition) is 5. The van der Waals surface area contributed by atoms with Crippen molar-refractivity contribution in [3.63, 3.8) is 0 Å². The Morgan fingerprint density at radius 2 is 1.64 bits per heavy atom. The van der Waals surface area contributed by atoms with Crippen molar-refractivity contribution < 1.29 is 26.7 Å². The molecule has 130 valence electrons. The highest BCUT2D eigenvalue weighted by Gasteiger charge is 2.07. The summed E-state index contributed by atoms with van der Waals surface area (Å²) in [6, 6.07) is 0. The standard InChI is InChI=1S/C15H28O6S/c1-2-3-4-5-6-7-8-9-10-11-13-20-15(16)12-14-21-22(17,18)19/h11,13H,2-10,12,14H2,1H3,(H,17,18,19). The van der Waals surface area contributed by atoms with Crippen LogP contribution in [0.1, 0.15) is 71.1 Å². The average Bonchev–Trinajstić information content (AvgIpc) is 2.43. The van der Waals surface area contributed by atoms with Gasteiger partial charge in [0.25, 0.3) is 0 Å². The predicted octanol–water partition coefficient (Wildman–Crippen LogP) is 3.78. The van der Waals surface area contributed by atoms with Gasteiger partial charge in [0.2, 0.25) is 0 Å². The lowest BCUT2D eigenvalue weighted by Crippen LogP contribution is -2.09. The molecule has 0 rings (SSSR count). The second-order valence-electron chi connectivity index (χ2n) is 5.12. The maximum absolute atomic E-state index is 11.2. The Morgan fingerprint density at radius 3 is 2.23 bits per heavy atom. The van der Waals surface area contributed by atoms with Gasteiger partial charge in [-0.2, -0.15) is 8.42 Å². The van der Waals surface area contributed by atoms with Gasteiger partial charge in [0.15, 0.2) is 0 Å². The minimum atomic E-state index is -4.49. The van der Waals surface area contributed by atoms with Crippen LogP contribution in [0.3, 0.4) is 0 Å². The molecule has 0 fully saturated rings. The van der Waals surface area contributed by atoms with Gasteiger partial charge in [-0.3, -0.25) is 9.35 Å². The molecule has 0 aliphatic carbocycles. The molecule has 0 amide bonds. The zero-order valence-electron chi connectivity index (χ0n) is 13.3. The fourth-order valence-corrected chi connectivity index (χ4v) is 2.17. The average molecular weight is 336 g/mol. The molecule has 0 aromatic carbocycles. The highest BCUT2D eigenvalue weighted by atomic mass is 32.3. The van der Waals surface area contributed by atoms with Crippen molar-refractivity contribution in [2.75, 3.05) is 6.61 Å². The summed E-state index contributed by atoms with van der Waals surface area (Å²) in [5.41, 5.74) is 0. The molecule has 0 aliphatic heterocycles. The maximum Gasteiger partial charge on any atom is 0.397 e. The van der Waals surface area contributed by atoms with Crippen molar-refractivity contribution in [3.05, 3.63) is 12.3 Å². The fourth-order valence-electron chi connectivity index (χ4n) is 1.88. The molecular weight excluding hydrogens is 308 g/mol. The van der Waals surface area contributed by atoms with Crippen LogP contribution in [0.5, 0.6) is 0 Å². The molecule has 0 spiro atoms. The van der Waals surface area contributed by atoms with Gasteiger partial charge in [0.05, 0.1) is 19.3 Å². The number of esters is 1. The largest absolute Gasteiger partial charge is 0.435 e. The SMILES string of the molecule is CCCCCCCCCCC=COC(=O)CCOS(=O)(=O)O. The zero-order valence-corrected chi connectivity index (χ0v) is 14.1. The van der Waals surface area contributed by atoms with Crippen LogP contribution >= 0.6 is 0 Å². The van der Waals surface area contributed by atoms with E-state index in [0.29, 0.717) is 0 Å². The van der Waals surface area contributed by atoms with Crippen molar-refractivity contribution >= 4 is 16.4 Å². The van der Waals surface area contributed by atoms with Crippen molar-refractivity contribution in [1.82, 2.24) is 0 Å². The first kappa shape index (κ1) is 21.1. The van der Waals surface area contributed by atoms with Gasteiger partial charge < -0.3 is 4.74 Å². The molecule has 0 aliphatic rings. The van der Waals surface area contributed by atoms with E-state index in [-0.39, 0.29) is 6.42 Å². The van der Waals surface area contributed by atoms with Gasteiger partial charge in [-0.05, 0) is 18.9 Å². The van der Waals surface area contributed by atoms with E-state index < -0.39 is 23.0 Å². The summed E-state index contributed by atoms with van der Waals surface area (Å²) in [4.78, 5) is 11.2. The van der Waals surface area contributed by atoms with E-state index in [9.17, 15) is 13.2 Å². The van der Waals surface area contributed by atoms with Crippen LogP contribution in [0, 0.1) is 0 Å². The van der Waals surface area contributed by atoms with Crippen molar-refractivity contribution in [2.45, 2.75) is 71.1 Å². The van der Waals surface area contributed by atoms with Crippen molar-refractivity contribution in [1.29, 1.82) is 0 Å². The van der Waals surface area contributed by atoms with E-state index in [1.54, 1.807) is 6.08 Å². The van der Waals surface area contributed by atoms with Crippen LogP contribution in [-0.2, 0) is 24.1 Å². The maximum atomic E-state index is 11.2. The Labute approximate surface area is 133 Å². The summed E-state index contributed by atoms with van der Waals surface area (Å²) in [5.74, 6) is -0.601. The number of carbonyl (C=O) groups is 1. The zero-order chi connectivity index (χ0) is 16.7.